The minimum atomic E-state index is -4.56. The zero-order valence-electron chi connectivity index (χ0n) is 37.2. The number of aromatic nitrogens is 2. The predicted molar refractivity (Wildman–Crippen MR) is 253 cm³/mol. The molecule has 2 aliphatic rings. The van der Waals surface area contributed by atoms with Crippen molar-refractivity contribution in [3.8, 4) is 17.2 Å². The van der Waals surface area contributed by atoms with Crippen molar-refractivity contribution in [2.75, 3.05) is 27.4 Å². The third kappa shape index (κ3) is 11.3. The second-order valence-electron chi connectivity index (χ2n) is 15.9. The topological polar surface area (TPSA) is 232 Å². The molecular formula is C48H47N4O15PS. The fraction of sp³-hybridized carbons (Fsp3) is 0.292. The molecule has 2 aliphatic heterocycles. The van der Waals surface area contributed by atoms with Crippen LogP contribution in [-0.2, 0) is 39.4 Å². The van der Waals surface area contributed by atoms with Crippen LogP contribution in [0.5, 0.6) is 17.2 Å². The number of nitrogens with one attached hydrogen (secondary N) is 1. The summed E-state index contributed by atoms with van der Waals surface area (Å²) in [5, 5.41) is 23.0. The first-order chi connectivity index (χ1) is 33.4. The molecule has 0 radical (unpaired) electrons. The van der Waals surface area contributed by atoms with Crippen LogP contribution in [0.3, 0.4) is 0 Å². The summed E-state index contributed by atoms with van der Waals surface area (Å²) in [5.74, 6) is 1.09. The van der Waals surface area contributed by atoms with Crippen molar-refractivity contribution in [3.05, 3.63) is 203 Å². The molecule has 1 aromatic heterocycles. The smallest absolute Gasteiger partial charge is 0.440 e. The molecule has 3 heterocycles. The normalized spacial score (nSPS) is 20.1. The van der Waals surface area contributed by atoms with Gasteiger partial charge in [0.15, 0.2) is 12.5 Å². The largest absolute Gasteiger partial charge is 0.497 e. The molecule has 6 atom stereocenters. The van der Waals surface area contributed by atoms with E-state index in [0.717, 1.165) is 34.9 Å². The Labute approximate surface area is 398 Å². The highest BCUT2D eigenvalue weighted by molar-refractivity contribution is 8.54. The number of rotatable bonds is 20. The van der Waals surface area contributed by atoms with Crippen molar-refractivity contribution in [3.63, 3.8) is 0 Å². The molecule has 5 aromatic carbocycles. The molecule has 19 nitrogen and oxygen atoms in total. The molecule has 8 rings (SSSR count). The Kier molecular flexibility index (Phi) is 15.4. The van der Waals surface area contributed by atoms with E-state index in [0.29, 0.717) is 46.8 Å². The van der Waals surface area contributed by atoms with Crippen LogP contribution < -0.4 is 25.2 Å². The second kappa shape index (κ2) is 21.8. The number of H-pyrrole nitrogens is 1. The highest BCUT2D eigenvalue weighted by atomic mass is 32.7. The second-order valence-corrected chi connectivity index (χ2v) is 19.8. The third-order valence-corrected chi connectivity index (χ3v) is 15.1. The summed E-state index contributed by atoms with van der Waals surface area (Å²) in [5.41, 5.74) is -0.702. The minimum Gasteiger partial charge on any atom is -0.497 e. The highest BCUT2D eigenvalue weighted by Crippen LogP contribution is 2.63. The number of hydrogen-bond donors (Lipinski definition) is 1. The Morgan fingerprint density at radius 3 is 1.88 bits per heavy atom. The van der Waals surface area contributed by atoms with Gasteiger partial charge in [0.05, 0.1) is 30.7 Å². The van der Waals surface area contributed by atoms with Gasteiger partial charge in [-0.25, -0.2) is 9.36 Å². The van der Waals surface area contributed by atoms with Gasteiger partial charge in [-0.1, -0.05) is 66.7 Å². The van der Waals surface area contributed by atoms with Crippen molar-refractivity contribution in [2.45, 2.75) is 61.4 Å². The molecule has 2 fully saturated rings. The van der Waals surface area contributed by atoms with Gasteiger partial charge in [-0.15, -0.1) is 0 Å². The Morgan fingerprint density at radius 2 is 1.33 bits per heavy atom. The lowest BCUT2D eigenvalue weighted by Crippen LogP contribution is -2.44. The molecule has 0 spiro atoms. The Morgan fingerprint density at radius 1 is 0.754 bits per heavy atom. The summed E-state index contributed by atoms with van der Waals surface area (Å²) < 4.78 is 67.5. The summed E-state index contributed by atoms with van der Waals surface area (Å²) in [6.07, 6.45) is -2.90. The monoisotopic (exact) mass is 982 g/mol. The van der Waals surface area contributed by atoms with Crippen LogP contribution >= 0.6 is 18.2 Å². The number of ether oxygens (including phenoxy) is 6. The van der Waals surface area contributed by atoms with Crippen LogP contribution in [0.15, 0.2) is 149 Å². The maximum Gasteiger partial charge on any atom is 0.440 e. The van der Waals surface area contributed by atoms with Crippen LogP contribution in [-0.4, -0.2) is 71.4 Å². The number of non-ortho nitro benzene ring substituents is 2. The average molecular weight is 983 g/mol. The van der Waals surface area contributed by atoms with Gasteiger partial charge in [0.2, 0.25) is 0 Å². The van der Waals surface area contributed by atoms with Crippen molar-refractivity contribution >= 4 is 29.6 Å². The summed E-state index contributed by atoms with van der Waals surface area (Å²) >= 11 is 0.741. The zero-order chi connectivity index (χ0) is 48.5. The molecular weight excluding hydrogens is 936 g/mol. The molecule has 0 bridgehead atoms. The number of nitro benzene ring substituents is 2. The molecule has 0 amide bonds. The summed E-state index contributed by atoms with van der Waals surface area (Å²) in [7, 11) is 3.12. The number of benzene rings is 5. The van der Waals surface area contributed by atoms with E-state index >= 15 is 4.57 Å². The quantitative estimate of drug-likeness (QED) is 0.0326. The number of aromatic amines is 1. The van der Waals surface area contributed by atoms with E-state index in [2.05, 4.69) is 4.98 Å². The number of hydrogen-bond acceptors (Lipinski definition) is 16. The van der Waals surface area contributed by atoms with Crippen molar-refractivity contribution in [1.29, 1.82) is 0 Å². The van der Waals surface area contributed by atoms with E-state index in [1.807, 2.05) is 54.6 Å². The van der Waals surface area contributed by atoms with Gasteiger partial charge >= 0.3 is 12.5 Å². The average Bonchev–Trinajstić information content (AvgIpc) is 3.69. The lowest BCUT2D eigenvalue weighted by Gasteiger charge is -2.37. The fourth-order valence-corrected chi connectivity index (χ4v) is 11.5. The zero-order valence-corrected chi connectivity index (χ0v) is 38.9. The van der Waals surface area contributed by atoms with E-state index in [1.54, 1.807) is 38.5 Å². The first kappa shape index (κ1) is 48.8. The van der Waals surface area contributed by atoms with Gasteiger partial charge < -0.3 is 32.9 Å². The molecule has 6 aromatic rings. The Bertz CT molecular complexity index is 2820. The van der Waals surface area contributed by atoms with Crippen LogP contribution in [0.25, 0.3) is 0 Å². The summed E-state index contributed by atoms with van der Waals surface area (Å²) in [4.78, 5) is 50.2. The van der Waals surface area contributed by atoms with Gasteiger partial charge in [-0.2, -0.15) is 0 Å². The highest BCUT2D eigenvalue weighted by Gasteiger charge is 2.53. The lowest BCUT2D eigenvalue weighted by atomic mass is 9.80. The van der Waals surface area contributed by atoms with E-state index < -0.39 is 64.3 Å². The molecule has 0 aliphatic carbocycles. The van der Waals surface area contributed by atoms with Gasteiger partial charge in [0.1, 0.15) is 41.2 Å². The molecule has 1 N–H and O–H groups in total. The molecule has 2 saturated heterocycles. The Hall–Kier alpha value is -6.64. The van der Waals surface area contributed by atoms with Crippen molar-refractivity contribution < 1.29 is 51.9 Å². The first-order valence-corrected chi connectivity index (χ1v) is 24.8. The number of methoxy groups -OCH3 is 2. The van der Waals surface area contributed by atoms with Gasteiger partial charge in [-0.05, 0) is 89.3 Å². The third-order valence-electron chi connectivity index (χ3n) is 11.5. The standard InChI is InChI=1S/C48H47N4O15PS/c1-60-38-21-13-34(14-22-38)48(33-8-4-3-5-9-33,35-15-23-39(61-2)24-16-35)63-30-41-44(45(65-43-10-6-7-29-62-43)46(64-41)50-28-27-42(53)49-47(50)54)67-68(59,66-40-25-19-37(20-26-40)52(57)58)69-31-32-11-17-36(18-12-32)51(55)56/h3-5,8-9,11-28,41,43-46H,6-7,10,29-31H2,1-2H3,(H,49,53,54)/t41-,43?,44-,45-,46-,68-/m1/s1. The van der Waals surface area contributed by atoms with Crippen LogP contribution in [0.1, 0.15) is 47.7 Å². The maximum absolute atomic E-state index is 15.6. The van der Waals surface area contributed by atoms with Gasteiger partial charge in [-0.3, -0.25) is 39.1 Å². The Balaban J connectivity index is 1.26. The molecule has 360 valence electrons. The van der Waals surface area contributed by atoms with E-state index in [4.69, 9.17) is 37.5 Å². The van der Waals surface area contributed by atoms with Gasteiger partial charge in [0, 0.05) is 48.9 Å². The summed E-state index contributed by atoms with van der Waals surface area (Å²) in [6.45, 7) is -4.53. The van der Waals surface area contributed by atoms with E-state index in [1.165, 1.54) is 54.7 Å². The summed E-state index contributed by atoms with van der Waals surface area (Å²) in [6, 6.07) is 35.8. The fourth-order valence-electron chi connectivity index (χ4n) is 8.09. The maximum atomic E-state index is 15.6. The van der Waals surface area contributed by atoms with Crippen LogP contribution in [0.2, 0.25) is 0 Å². The van der Waals surface area contributed by atoms with Gasteiger partial charge in [0.25, 0.3) is 16.9 Å². The van der Waals surface area contributed by atoms with Crippen LogP contribution in [0, 0.1) is 20.2 Å². The predicted octanol–water partition coefficient (Wildman–Crippen LogP) is 8.69. The van der Waals surface area contributed by atoms with E-state index in [9.17, 15) is 29.8 Å². The molecule has 1 unspecified atom stereocenters. The van der Waals surface area contributed by atoms with E-state index in [-0.39, 0.29) is 29.5 Å². The number of nitro groups is 2. The minimum absolute atomic E-state index is 0.0459. The number of nitrogens with zero attached hydrogens (tertiary/aromatic N) is 3. The lowest BCUT2D eigenvalue weighted by molar-refractivity contribution is -0.385. The SMILES string of the molecule is COc1ccc(C(OC[C@H]2O[C@@H](n3ccc(=O)[nH]c3=O)[C@H](OC3CCCCO3)[C@@H]2O[P@@](=O)(Oc2ccc([N+](=O)[O-])cc2)SCc2ccc([N+](=O)[O-])cc2)(c2ccccc2)c2ccc(OC)cc2)cc1. The molecule has 0 saturated carbocycles. The molecule has 21 heteroatoms. The molecule has 69 heavy (non-hydrogen) atoms. The van der Waals surface area contributed by atoms with Crippen LogP contribution in [0.4, 0.5) is 11.4 Å². The first-order valence-electron chi connectivity index (χ1n) is 21.7. The van der Waals surface area contributed by atoms with Crippen molar-refractivity contribution in [1.82, 2.24) is 9.55 Å². The van der Waals surface area contributed by atoms with Crippen molar-refractivity contribution in [2.24, 2.45) is 0 Å².